The minimum atomic E-state index is -0.662. The smallest absolute Gasteiger partial charge is 0.175 e. The Morgan fingerprint density at radius 1 is 0.547 bits per heavy atom. The first kappa shape index (κ1) is 37.7. The first-order chi connectivity index (χ1) is 26.1. The standard InChI is InChI=1S/C38H34N6O2S7/c45-29(23-43(27-9-3-1-4-10-27)39-21-31-15-17-35(51-31)33-13-7-19-47-33)25-49-37-41-42-38(53-37)50-26-30(46)24-44(28-11-5-2-6-12-28)40-22-32-16-18-36(52-32)34-14-8-20-48-34/h1-22,29-30,45-46H,23-26H2/b39-21+,40-22+. The van der Waals surface area contributed by atoms with Crippen LogP contribution in [0.5, 0.6) is 0 Å². The number of benzene rings is 2. The molecule has 0 saturated carbocycles. The summed E-state index contributed by atoms with van der Waals surface area (Å²) in [5, 5.41) is 48.2. The summed E-state index contributed by atoms with van der Waals surface area (Å²) in [6.07, 6.45) is 2.39. The number of rotatable bonds is 18. The van der Waals surface area contributed by atoms with Crippen LogP contribution in [-0.4, -0.2) is 69.6 Å². The van der Waals surface area contributed by atoms with E-state index in [-0.39, 0.29) is 0 Å². The van der Waals surface area contributed by atoms with Gasteiger partial charge in [-0.15, -0.1) is 55.5 Å². The van der Waals surface area contributed by atoms with E-state index in [4.69, 9.17) is 10.2 Å². The summed E-state index contributed by atoms with van der Waals surface area (Å²) >= 11 is 11.2. The Bertz CT molecular complexity index is 2010. The number of anilines is 2. The van der Waals surface area contributed by atoms with E-state index in [1.807, 2.05) is 83.1 Å². The third-order valence-corrected chi connectivity index (χ3v) is 15.1. The van der Waals surface area contributed by atoms with Gasteiger partial charge < -0.3 is 10.2 Å². The maximum Gasteiger partial charge on any atom is 0.175 e. The van der Waals surface area contributed by atoms with Gasteiger partial charge in [0.1, 0.15) is 0 Å². The number of thioether (sulfide) groups is 2. The Kier molecular flexibility index (Phi) is 13.6. The van der Waals surface area contributed by atoms with Crippen molar-refractivity contribution in [3.63, 3.8) is 0 Å². The fourth-order valence-corrected chi connectivity index (χ4v) is 11.3. The van der Waals surface area contributed by atoms with Crippen LogP contribution in [-0.2, 0) is 0 Å². The first-order valence-corrected chi connectivity index (χ1v) is 22.7. The minimum absolute atomic E-state index is 0.325. The molecule has 0 aliphatic heterocycles. The molecule has 8 nitrogen and oxygen atoms in total. The van der Waals surface area contributed by atoms with Crippen molar-refractivity contribution in [3.8, 4) is 19.5 Å². The van der Waals surface area contributed by atoms with Crippen LogP contribution in [0.3, 0.4) is 0 Å². The van der Waals surface area contributed by atoms with Gasteiger partial charge in [-0.2, -0.15) is 10.2 Å². The van der Waals surface area contributed by atoms with E-state index in [2.05, 4.69) is 69.5 Å². The molecule has 0 aliphatic rings. The van der Waals surface area contributed by atoms with Gasteiger partial charge in [0.2, 0.25) is 0 Å². The van der Waals surface area contributed by atoms with Crippen LogP contribution in [0.25, 0.3) is 19.5 Å². The minimum Gasteiger partial charge on any atom is -0.390 e. The summed E-state index contributed by atoms with van der Waals surface area (Å²) in [7, 11) is 0. The molecule has 0 bridgehead atoms. The molecular formula is C38H34N6O2S7. The summed E-state index contributed by atoms with van der Waals surface area (Å²) in [5.41, 5.74) is 1.81. The molecule has 53 heavy (non-hydrogen) atoms. The summed E-state index contributed by atoms with van der Waals surface area (Å²) in [4.78, 5) is 7.00. The Morgan fingerprint density at radius 2 is 1.00 bits per heavy atom. The molecule has 0 fully saturated rings. The quantitative estimate of drug-likeness (QED) is 0.0502. The van der Waals surface area contributed by atoms with Crippen molar-refractivity contribution in [3.05, 3.63) is 130 Å². The molecule has 15 heteroatoms. The maximum absolute atomic E-state index is 11.1. The summed E-state index contributed by atoms with van der Waals surface area (Å²) in [6, 6.07) is 36.5. The van der Waals surface area contributed by atoms with E-state index in [1.54, 1.807) is 45.3 Å². The van der Waals surface area contributed by atoms with Crippen molar-refractivity contribution in [1.82, 2.24) is 10.2 Å². The summed E-state index contributed by atoms with van der Waals surface area (Å²) < 4.78 is 1.53. The van der Waals surface area contributed by atoms with Crippen molar-refractivity contribution in [1.29, 1.82) is 0 Å². The number of aliphatic hydroxyl groups excluding tert-OH is 2. The highest BCUT2D eigenvalue weighted by Crippen LogP contribution is 2.33. The number of hydrogen-bond donors (Lipinski definition) is 2. The molecule has 0 spiro atoms. The first-order valence-electron chi connectivity index (χ1n) is 16.5. The second-order valence-electron chi connectivity index (χ2n) is 11.4. The number of hydrogen-bond acceptors (Lipinski definition) is 15. The predicted octanol–water partition coefficient (Wildman–Crippen LogP) is 10.1. The fourth-order valence-electron chi connectivity index (χ4n) is 4.99. The second-order valence-corrected chi connectivity index (χ2v) is 19.1. The molecule has 0 radical (unpaired) electrons. The van der Waals surface area contributed by atoms with Crippen LogP contribution in [0.4, 0.5) is 11.4 Å². The average Bonchev–Trinajstić information content (AvgIpc) is 4.04. The van der Waals surface area contributed by atoms with E-state index < -0.39 is 12.2 Å². The Labute approximate surface area is 336 Å². The molecule has 5 heterocycles. The van der Waals surface area contributed by atoms with Crippen molar-refractivity contribution >= 4 is 104 Å². The molecule has 2 aromatic carbocycles. The van der Waals surface area contributed by atoms with Crippen molar-refractivity contribution < 1.29 is 10.2 Å². The van der Waals surface area contributed by atoms with Crippen LogP contribution < -0.4 is 10.0 Å². The van der Waals surface area contributed by atoms with Crippen LogP contribution in [0.1, 0.15) is 9.75 Å². The zero-order chi connectivity index (χ0) is 36.2. The van der Waals surface area contributed by atoms with Crippen molar-refractivity contribution in [2.75, 3.05) is 34.6 Å². The van der Waals surface area contributed by atoms with Gasteiger partial charge in [0, 0.05) is 40.8 Å². The van der Waals surface area contributed by atoms with Gasteiger partial charge >= 0.3 is 0 Å². The third-order valence-electron chi connectivity index (χ3n) is 7.49. The summed E-state index contributed by atoms with van der Waals surface area (Å²) in [6.45, 7) is 0.651. The zero-order valence-corrected chi connectivity index (χ0v) is 33.8. The largest absolute Gasteiger partial charge is 0.390 e. The normalized spacial score (nSPS) is 12.9. The molecule has 2 atom stereocenters. The number of aromatic nitrogens is 2. The van der Waals surface area contributed by atoms with E-state index in [0.717, 1.165) is 29.8 Å². The number of nitrogens with zero attached hydrogens (tertiary/aromatic N) is 6. The molecule has 0 amide bonds. The Hall–Kier alpha value is -3.64. The topological polar surface area (TPSA) is 97.4 Å². The molecule has 2 unspecified atom stereocenters. The van der Waals surface area contributed by atoms with E-state index >= 15 is 0 Å². The molecular weight excluding hydrogens is 797 g/mol. The maximum atomic E-state index is 11.1. The lowest BCUT2D eigenvalue weighted by Crippen LogP contribution is -2.30. The highest BCUT2D eigenvalue weighted by molar-refractivity contribution is 8.03. The van der Waals surface area contributed by atoms with Crippen molar-refractivity contribution in [2.45, 2.75) is 20.9 Å². The second kappa shape index (κ2) is 19.1. The van der Waals surface area contributed by atoms with Crippen molar-refractivity contribution in [2.24, 2.45) is 10.2 Å². The Balaban J connectivity index is 0.908. The van der Waals surface area contributed by atoms with Gasteiger partial charge in [-0.05, 0) is 71.4 Å². The van der Waals surface area contributed by atoms with E-state index in [9.17, 15) is 10.2 Å². The monoisotopic (exact) mass is 830 g/mol. The van der Waals surface area contributed by atoms with Gasteiger partial charge in [0.15, 0.2) is 8.68 Å². The molecule has 7 rings (SSSR count). The fraction of sp³-hybridized carbons (Fsp3) is 0.158. The molecule has 5 aromatic heterocycles. The number of thiophene rings is 4. The lowest BCUT2D eigenvalue weighted by Gasteiger charge is -2.22. The third kappa shape index (κ3) is 11.0. The molecule has 270 valence electrons. The van der Waals surface area contributed by atoms with E-state index in [1.165, 1.54) is 54.4 Å². The predicted molar refractivity (Wildman–Crippen MR) is 231 cm³/mol. The zero-order valence-electron chi connectivity index (χ0n) is 28.1. The summed E-state index contributed by atoms with van der Waals surface area (Å²) in [5.74, 6) is 0.872. The lowest BCUT2D eigenvalue weighted by atomic mass is 10.3. The highest BCUT2D eigenvalue weighted by atomic mass is 32.2. The number of aliphatic hydroxyl groups is 2. The molecule has 0 saturated heterocycles. The van der Waals surface area contributed by atoms with Crippen LogP contribution in [0.2, 0.25) is 0 Å². The SMILES string of the molecule is OC(CSc1nnc(SCC(O)CN(/N=C/c2ccc(-c3cccs3)s2)c2ccccc2)s1)CN(/N=C/c1ccc(-c2cccs2)s1)c1ccccc1. The van der Waals surface area contributed by atoms with Gasteiger partial charge in [0.05, 0.1) is 49.1 Å². The molecule has 0 aliphatic carbocycles. The lowest BCUT2D eigenvalue weighted by molar-refractivity contribution is 0.204. The highest BCUT2D eigenvalue weighted by Gasteiger charge is 2.17. The van der Waals surface area contributed by atoms with Gasteiger partial charge in [0.25, 0.3) is 0 Å². The van der Waals surface area contributed by atoms with Crippen LogP contribution >= 0.6 is 80.2 Å². The average molecular weight is 831 g/mol. The number of para-hydroxylation sites is 2. The number of hydrazone groups is 2. The van der Waals surface area contributed by atoms with Gasteiger partial charge in [-0.3, -0.25) is 10.0 Å². The Morgan fingerprint density at radius 3 is 1.42 bits per heavy atom. The van der Waals surface area contributed by atoms with Crippen LogP contribution in [0.15, 0.2) is 139 Å². The van der Waals surface area contributed by atoms with E-state index in [0.29, 0.717) is 24.6 Å². The van der Waals surface area contributed by atoms with Crippen LogP contribution in [0, 0.1) is 0 Å². The van der Waals surface area contributed by atoms with Gasteiger partial charge in [-0.1, -0.05) is 83.4 Å². The molecule has 7 aromatic rings. The van der Waals surface area contributed by atoms with Gasteiger partial charge in [-0.25, -0.2) is 0 Å². The molecule has 2 N–H and O–H groups in total.